The summed E-state index contributed by atoms with van der Waals surface area (Å²) in [6, 6.07) is 3.26. The topological polar surface area (TPSA) is 240 Å². The van der Waals surface area contributed by atoms with E-state index >= 15 is 0 Å². The third-order valence-corrected chi connectivity index (χ3v) is 4.75. The van der Waals surface area contributed by atoms with Crippen LogP contribution in [-0.4, -0.2) is 100 Å². The number of nitrogens with one attached hydrogen (secondary N) is 4. The summed E-state index contributed by atoms with van der Waals surface area (Å²) in [5, 5.41) is 45.5. The molecular formula is C21H31N5O9. The number of benzene rings is 1. The number of carbonyl (C=O) groups excluding carboxylic acids is 4. The van der Waals surface area contributed by atoms with Crippen LogP contribution in [0.5, 0.6) is 0 Å². The summed E-state index contributed by atoms with van der Waals surface area (Å²) in [5.74, 6) is -5.14. The van der Waals surface area contributed by atoms with E-state index in [0.717, 1.165) is 5.56 Å². The zero-order valence-electron chi connectivity index (χ0n) is 19.0. The van der Waals surface area contributed by atoms with Gasteiger partial charge in [0.2, 0.25) is 23.6 Å². The van der Waals surface area contributed by atoms with E-state index in [2.05, 4.69) is 16.0 Å². The Bertz CT molecular complexity index is 881. The van der Waals surface area contributed by atoms with Gasteiger partial charge in [0.15, 0.2) is 0 Å². The van der Waals surface area contributed by atoms with Crippen LogP contribution in [0.25, 0.3) is 0 Å². The predicted octanol–water partition coefficient (Wildman–Crippen LogP) is -4.42. The Morgan fingerprint density at radius 3 is 2.00 bits per heavy atom. The predicted molar refractivity (Wildman–Crippen MR) is 120 cm³/mol. The van der Waals surface area contributed by atoms with Gasteiger partial charge in [-0.15, -0.1) is 0 Å². The maximum atomic E-state index is 12.4. The first-order valence-electron chi connectivity index (χ1n) is 10.6. The van der Waals surface area contributed by atoms with Crippen molar-refractivity contribution >= 4 is 29.6 Å². The molecule has 0 bridgehead atoms. The van der Waals surface area contributed by atoms with Crippen molar-refractivity contribution in [2.24, 2.45) is 5.73 Å². The molecule has 14 heteroatoms. The summed E-state index contributed by atoms with van der Waals surface area (Å²) in [7, 11) is 0. The molecule has 0 fully saturated rings. The van der Waals surface area contributed by atoms with Gasteiger partial charge in [-0.25, -0.2) is 4.79 Å². The van der Waals surface area contributed by atoms with Crippen molar-refractivity contribution in [3.05, 3.63) is 35.9 Å². The molecular weight excluding hydrogens is 466 g/mol. The number of nitrogens with two attached hydrogens (primary N) is 1. The number of aliphatic carboxylic acids is 1. The molecule has 4 amide bonds. The van der Waals surface area contributed by atoms with Crippen molar-refractivity contribution < 1.29 is 44.4 Å². The fourth-order valence-corrected chi connectivity index (χ4v) is 2.80. The highest BCUT2D eigenvalue weighted by Gasteiger charge is 2.29. The Morgan fingerprint density at radius 1 is 0.886 bits per heavy atom. The maximum Gasteiger partial charge on any atom is 0.328 e. The first-order chi connectivity index (χ1) is 16.5. The summed E-state index contributed by atoms with van der Waals surface area (Å²) >= 11 is 0. The number of carboxylic acid groups (broad SMARTS) is 1. The minimum Gasteiger partial charge on any atom is -0.480 e. The van der Waals surface area contributed by atoms with Gasteiger partial charge >= 0.3 is 5.97 Å². The second-order valence-corrected chi connectivity index (χ2v) is 7.63. The summed E-state index contributed by atoms with van der Waals surface area (Å²) in [6.45, 7) is -1.25. The molecule has 1 aromatic rings. The molecule has 0 aliphatic rings. The van der Waals surface area contributed by atoms with Crippen LogP contribution in [0.2, 0.25) is 0 Å². The minimum absolute atomic E-state index is 0.187. The number of aliphatic hydroxyl groups is 3. The van der Waals surface area contributed by atoms with Gasteiger partial charge in [-0.3, -0.25) is 19.2 Å². The Labute approximate surface area is 200 Å². The van der Waals surface area contributed by atoms with Gasteiger partial charge in [-0.2, -0.15) is 0 Å². The molecule has 0 radical (unpaired) electrons. The molecule has 0 heterocycles. The van der Waals surface area contributed by atoms with Crippen LogP contribution in [0.1, 0.15) is 12.5 Å². The van der Waals surface area contributed by atoms with Gasteiger partial charge in [0, 0.05) is 0 Å². The lowest BCUT2D eigenvalue weighted by Crippen LogP contribution is -2.58. The van der Waals surface area contributed by atoms with Crippen LogP contribution in [0.15, 0.2) is 30.3 Å². The van der Waals surface area contributed by atoms with Gasteiger partial charge in [0.1, 0.15) is 18.1 Å². The number of amides is 4. The van der Waals surface area contributed by atoms with Crippen molar-refractivity contribution in [3.63, 3.8) is 0 Å². The molecule has 194 valence electrons. The van der Waals surface area contributed by atoms with E-state index in [1.54, 1.807) is 30.3 Å². The van der Waals surface area contributed by atoms with Crippen LogP contribution in [0.3, 0.4) is 0 Å². The third-order valence-electron chi connectivity index (χ3n) is 4.75. The molecule has 0 aliphatic carbocycles. The van der Waals surface area contributed by atoms with Crippen molar-refractivity contribution in [1.82, 2.24) is 21.3 Å². The Morgan fingerprint density at radius 2 is 1.49 bits per heavy atom. The smallest absolute Gasteiger partial charge is 0.328 e. The van der Waals surface area contributed by atoms with Crippen molar-refractivity contribution in [2.45, 2.75) is 43.6 Å². The molecule has 1 rings (SSSR count). The molecule has 0 unspecified atom stereocenters. The van der Waals surface area contributed by atoms with Gasteiger partial charge in [-0.05, 0) is 18.9 Å². The first-order valence-corrected chi connectivity index (χ1v) is 10.6. The van der Waals surface area contributed by atoms with Crippen LogP contribution >= 0.6 is 0 Å². The quantitative estimate of drug-likeness (QED) is 0.119. The first kappa shape index (κ1) is 29.4. The highest BCUT2D eigenvalue weighted by atomic mass is 16.4. The second kappa shape index (κ2) is 14.6. The zero-order valence-corrected chi connectivity index (χ0v) is 19.0. The summed E-state index contributed by atoms with van der Waals surface area (Å²) < 4.78 is 0. The average Bonchev–Trinajstić information content (AvgIpc) is 2.82. The molecule has 1 aromatic carbocycles. The number of hydrogen-bond acceptors (Lipinski definition) is 9. The van der Waals surface area contributed by atoms with E-state index in [1.807, 2.05) is 5.32 Å². The van der Waals surface area contributed by atoms with Gasteiger partial charge in [-0.1, -0.05) is 30.3 Å². The molecule has 0 aliphatic heterocycles. The normalized spacial score (nSPS) is 15.0. The summed E-state index contributed by atoms with van der Waals surface area (Å²) in [6.07, 6.45) is -1.15. The fraction of sp³-hybridized carbons (Fsp3) is 0.476. The van der Waals surface area contributed by atoms with Gasteiger partial charge < -0.3 is 47.4 Å². The molecule has 5 atom stereocenters. The van der Waals surface area contributed by atoms with Crippen LogP contribution in [0, 0.1) is 0 Å². The van der Waals surface area contributed by atoms with Crippen molar-refractivity contribution in [2.75, 3.05) is 19.8 Å². The summed E-state index contributed by atoms with van der Waals surface area (Å²) in [4.78, 5) is 59.8. The molecule has 35 heavy (non-hydrogen) atoms. The van der Waals surface area contributed by atoms with Crippen LogP contribution in [-0.2, 0) is 30.4 Å². The molecule has 0 saturated carbocycles. The number of rotatable bonds is 14. The molecule has 10 N–H and O–H groups in total. The highest BCUT2D eigenvalue weighted by molar-refractivity contribution is 5.94. The van der Waals surface area contributed by atoms with Crippen LogP contribution in [0.4, 0.5) is 0 Å². The molecule has 0 spiro atoms. The van der Waals surface area contributed by atoms with E-state index in [9.17, 15) is 34.2 Å². The van der Waals surface area contributed by atoms with Crippen molar-refractivity contribution in [1.29, 1.82) is 0 Å². The van der Waals surface area contributed by atoms with E-state index in [1.165, 1.54) is 6.92 Å². The standard InChI is InChI=1S/C21H31N5O9/c1-11(29)17(26-18(31)13(22)7-12-5-3-2-4-6-12)20(33)23-8-16(30)24-14(9-27)19(32)25-15(10-28)21(34)35/h2-6,11,13-15,17,27-29H,7-10,22H2,1H3,(H,23,33)(H,24,30)(H,25,32)(H,26,31)(H,34,35)/t11-,13-,14-,15-,17-/m0/s1. The van der Waals surface area contributed by atoms with Gasteiger partial charge in [0.05, 0.1) is 31.9 Å². The fourth-order valence-electron chi connectivity index (χ4n) is 2.80. The number of carboxylic acids is 1. The van der Waals surface area contributed by atoms with E-state index in [4.69, 9.17) is 15.9 Å². The van der Waals surface area contributed by atoms with E-state index in [-0.39, 0.29) is 6.42 Å². The number of carbonyl (C=O) groups is 5. The average molecular weight is 498 g/mol. The SMILES string of the molecule is C[C@H](O)[C@H](NC(=O)[C@@H](N)Cc1ccccc1)C(=O)NCC(=O)N[C@@H](CO)C(=O)N[C@@H](CO)C(=O)O. The second-order valence-electron chi connectivity index (χ2n) is 7.63. The number of hydrogen-bond donors (Lipinski definition) is 9. The van der Waals surface area contributed by atoms with Crippen LogP contribution < -0.4 is 27.0 Å². The Hall–Kier alpha value is -3.59. The third kappa shape index (κ3) is 10.1. The van der Waals surface area contributed by atoms with Gasteiger partial charge in [0.25, 0.3) is 0 Å². The Kier molecular flexibility index (Phi) is 12.3. The monoisotopic (exact) mass is 497 g/mol. The summed E-state index contributed by atoms with van der Waals surface area (Å²) in [5.41, 5.74) is 6.67. The number of aliphatic hydroxyl groups excluding tert-OH is 3. The highest BCUT2D eigenvalue weighted by Crippen LogP contribution is 2.03. The van der Waals surface area contributed by atoms with E-state index < -0.39 is 79.6 Å². The zero-order chi connectivity index (χ0) is 26.5. The minimum atomic E-state index is -1.64. The molecule has 0 saturated heterocycles. The lowest BCUT2D eigenvalue weighted by molar-refractivity contribution is -0.143. The Balaban J connectivity index is 2.63. The van der Waals surface area contributed by atoms with E-state index in [0.29, 0.717) is 0 Å². The maximum absolute atomic E-state index is 12.4. The van der Waals surface area contributed by atoms with Crippen molar-refractivity contribution in [3.8, 4) is 0 Å². The largest absolute Gasteiger partial charge is 0.480 e. The molecule has 0 aromatic heterocycles. The molecule has 14 nitrogen and oxygen atoms in total. The lowest BCUT2D eigenvalue weighted by atomic mass is 10.0. The lowest BCUT2D eigenvalue weighted by Gasteiger charge is -2.23.